The largest absolute Gasteiger partial charge is 0.375 e. The van der Waals surface area contributed by atoms with Crippen LogP contribution in [0.2, 0.25) is 0 Å². The van der Waals surface area contributed by atoms with Crippen LogP contribution in [0.25, 0.3) is 0 Å². The van der Waals surface area contributed by atoms with Gasteiger partial charge in [-0.3, -0.25) is 9.69 Å². The van der Waals surface area contributed by atoms with Crippen molar-refractivity contribution in [3.05, 3.63) is 0 Å². The predicted octanol–water partition coefficient (Wildman–Crippen LogP) is 0.585. The second kappa shape index (κ2) is 9.72. The molecule has 0 spiro atoms. The molecule has 0 aromatic carbocycles. The third-order valence-corrected chi connectivity index (χ3v) is 4.72. The van der Waals surface area contributed by atoms with Crippen LogP contribution in [0.1, 0.15) is 44.9 Å². The average Bonchev–Trinajstić information content (AvgIpc) is 2.82. The number of amides is 3. The number of morpholine rings is 1. The van der Waals surface area contributed by atoms with Crippen molar-refractivity contribution in [1.29, 1.82) is 0 Å². The van der Waals surface area contributed by atoms with Gasteiger partial charge in [0, 0.05) is 25.7 Å². The lowest BCUT2D eigenvalue weighted by atomic mass is 10.1. The summed E-state index contributed by atoms with van der Waals surface area (Å²) in [4.78, 5) is 24.6. The SMILES string of the molecule is NC(=O)NCC(=O)NCC[C@H]1CN(C2CCCCCC2)CCO1. The predicted molar refractivity (Wildman–Crippen MR) is 88.0 cm³/mol. The summed E-state index contributed by atoms with van der Waals surface area (Å²) < 4.78 is 5.83. The molecule has 7 nitrogen and oxygen atoms in total. The van der Waals surface area contributed by atoms with Crippen LogP contribution >= 0.6 is 0 Å². The number of nitrogens with zero attached hydrogens (tertiary/aromatic N) is 1. The normalized spacial score (nSPS) is 23.9. The number of ether oxygens (including phenoxy) is 1. The minimum absolute atomic E-state index is 0.0743. The average molecular weight is 326 g/mol. The van der Waals surface area contributed by atoms with Crippen molar-refractivity contribution in [3.63, 3.8) is 0 Å². The Kier molecular flexibility index (Phi) is 7.61. The highest BCUT2D eigenvalue weighted by atomic mass is 16.5. The number of nitrogens with one attached hydrogen (secondary N) is 2. The molecule has 2 aliphatic rings. The molecule has 1 atom stereocenters. The van der Waals surface area contributed by atoms with Crippen molar-refractivity contribution in [3.8, 4) is 0 Å². The molecule has 0 bridgehead atoms. The van der Waals surface area contributed by atoms with Crippen LogP contribution in [0.4, 0.5) is 4.79 Å². The molecule has 0 radical (unpaired) electrons. The van der Waals surface area contributed by atoms with E-state index in [0.717, 1.165) is 26.1 Å². The lowest BCUT2D eigenvalue weighted by Gasteiger charge is -2.38. The van der Waals surface area contributed by atoms with E-state index in [1.807, 2.05) is 0 Å². The number of hydrogen-bond acceptors (Lipinski definition) is 4. The summed E-state index contributed by atoms with van der Waals surface area (Å²) in [5.41, 5.74) is 4.93. The van der Waals surface area contributed by atoms with E-state index in [9.17, 15) is 9.59 Å². The molecule has 1 aliphatic heterocycles. The van der Waals surface area contributed by atoms with Gasteiger partial charge in [0.2, 0.25) is 5.91 Å². The Morgan fingerprint density at radius 1 is 1.13 bits per heavy atom. The fraction of sp³-hybridized carbons (Fsp3) is 0.875. The Morgan fingerprint density at radius 2 is 1.87 bits per heavy atom. The van der Waals surface area contributed by atoms with Gasteiger partial charge in [-0.1, -0.05) is 25.7 Å². The highest BCUT2D eigenvalue weighted by Crippen LogP contribution is 2.23. The van der Waals surface area contributed by atoms with Gasteiger partial charge >= 0.3 is 6.03 Å². The smallest absolute Gasteiger partial charge is 0.312 e. The van der Waals surface area contributed by atoms with Gasteiger partial charge in [0.15, 0.2) is 0 Å². The van der Waals surface area contributed by atoms with Gasteiger partial charge in [0.1, 0.15) is 0 Å². The van der Waals surface area contributed by atoms with Gasteiger partial charge in [-0.05, 0) is 19.3 Å². The molecule has 0 aromatic rings. The molecule has 0 aromatic heterocycles. The van der Waals surface area contributed by atoms with Crippen LogP contribution in [0.5, 0.6) is 0 Å². The molecule has 1 aliphatic carbocycles. The molecule has 1 heterocycles. The molecule has 1 saturated heterocycles. The summed E-state index contributed by atoms with van der Waals surface area (Å²) in [6.45, 7) is 3.24. The first kappa shape index (κ1) is 18.0. The van der Waals surface area contributed by atoms with E-state index in [-0.39, 0.29) is 18.6 Å². The number of primary amides is 1. The van der Waals surface area contributed by atoms with Crippen molar-refractivity contribution < 1.29 is 14.3 Å². The molecule has 132 valence electrons. The van der Waals surface area contributed by atoms with Crippen molar-refractivity contribution in [2.75, 3.05) is 32.8 Å². The van der Waals surface area contributed by atoms with Crippen LogP contribution < -0.4 is 16.4 Å². The van der Waals surface area contributed by atoms with E-state index in [1.165, 1.54) is 38.5 Å². The molecular weight excluding hydrogens is 296 g/mol. The van der Waals surface area contributed by atoms with E-state index < -0.39 is 6.03 Å². The van der Waals surface area contributed by atoms with Gasteiger partial charge in [-0.25, -0.2) is 4.79 Å². The molecular formula is C16H30N4O3. The number of hydrogen-bond donors (Lipinski definition) is 3. The number of urea groups is 1. The molecule has 23 heavy (non-hydrogen) atoms. The molecule has 7 heteroatoms. The highest BCUT2D eigenvalue weighted by molar-refractivity contribution is 5.83. The van der Waals surface area contributed by atoms with Crippen molar-refractivity contribution in [1.82, 2.24) is 15.5 Å². The third kappa shape index (κ3) is 6.74. The van der Waals surface area contributed by atoms with E-state index in [1.54, 1.807) is 0 Å². The number of carbonyl (C=O) groups is 2. The Labute approximate surface area is 138 Å². The minimum Gasteiger partial charge on any atom is -0.375 e. The first-order valence-corrected chi connectivity index (χ1v) is 8.81. The van der Waals surface area contributed by atoms with E-state index in [0.29, 0.717) is 12.6 Å². The molecule has 0 unspecified atom stereocenters. The Hall–Kier alpha value is -1.34. The van der Waals surface area contributed by atoms with Crippen molar-refractivity contribution in [2.45, 2.75) is 57.1 Å². The zero-order chi connectivity index (χ0) is 16.5. The van der Waals surface area contributed by atoms with Gasteiger partial charge in [-0.2, -0.15) is 0 Å². The monoisotopic (exact) mass is 326 g/mol. The summed E-state index contributed by atoms with van der Waals surface area (Å²) in [5.74, 6) is -0.222. The van der Waals surface area contributed by atoms with Crippen LogP contribution in [-0.2, 0) is 9.53 Å². The first-order valence-electron chi connectivity index (χ1n) is 8.81. The van der Waals surface area contributed by atoms with Gasteiger partial charge in [-0.15, -0.1) is 0 Å². The molecule has 2 rings (SSSR count). The third-order valence-electron chi connectivity index (χ3n) is 4.72. The number of rotatable bonds is 6. The van der Waals surface area contributed by atoms with Crippen LogP contribution in [0.3, 0.4) is 0 Å². The highest BCUT2D eigenvalue weighted by Gasteiger charge is 2.26. The summed E-state index contributed by atoms with van der Waals surface area (Å²) in [7, 11) is 0. The molecule has 3 amide bonds. The maximum atomic E-state index is 11.5. The van der Waals surface area contributed by atoms with Crippen LogP contribution in [-0.4, -0.2) is 61.8 Å². The molecule has 1 saturated carbocycles. The summed E-state index contributed by atoms with van der Waals surface area (Å²) in [5, 5.41) is 5.06. The quantitative estimate of drug-likeness (QED) is 0.622. The van der Waals surface area contributed by atoms with E-state index in [2.05, 4.69) is 15.5 Å². The summed E-state index contributed by atoms with van der Waals surface area (Å²) in [6.07, 6.45) is 9.02. The van der Waals surface area contributed by atoms with Crippen molar-refractivity contribution in [2.24, 2.45) is 5.73 Å². The van der Waals surface area contributed by atoms with E-state index in [4.69, 9.17) is 10.5 Å². The Bertz CT molecular complexity index is 384. The standard InChI is InChI=1S/C16H30N4O3/c17-16(22)19-11-15(21)18-8-7-14-12-20(9-10-23-14)13-5-3-1-2-4-6-13/h13-14H,1-12H2,(H,18,21)(H3,17,19,22)/t14-/m0/s1. The second-order valence-electron chi connectivity index (χ2n) is 6.49. The lowest BCUT2D eigenvalue weighted by Crippen LogP contribution is -2.48. The maximum absolute atomic E-state index is 11.5. The van der Waals surface area contributed by atoms with Crippen LogP contribution in [0.15, 0.2) is 0 Å². The lowest BCUT2D eigenvalue weighted by molar-refractivity contribution is -0.120. The van der Waals surface area contributed by atoms with Gasteiger partial charge in [0.25, 0.3) is 0 Å². The Balaban J connectivity index is 1.65. The molecule has 4 N–H and O–H groups in total. The van der Waals surface area contributed by atoms with E-state index >= 15 is 0 Å². The fourth-order valence-corrected chi connectivity index (χ4v) is 3.47. The summed E-state index contributed by atoms with van der Waals surface area (Å²) in [6, 6.07) is 0.0214. The summed E-state index contributed by atoms with van der Waals surface area (Å²) >= 11 is 0. The van der Waals surface area contributed by atoms with Crippen LogP contribution in [0, 0.1) is 0 Å². The number of carbonyl (C=O) groups excluding carboxylic acids is 2. The minimum atomic E-state index is -0.685. The Morgan fingerprint density at radius 3 is 2.57 bits per heavy atom. The second-order valence-corrected chi connectivity index (χ2v) is 6.49. The van der Waals surface area contributed by atoms with Gasteiger partial charge in [0.05, 0.1) is 19.3 Å². The maximum Gasteiger partial charge on any atom is 0.312 e. The zero-order valence-electron chi connectivity index (χ0n) is 13.9. The van der Waals surface area contributed by atoms with Crippen molar-refractivity contribution >= 4 is 11.9 Å². The topological polar surface area (TPSA) is 96.7 Å². The first-order chi connectivity index (χ1) is 11.1. The zero-order valence-corrected chi connectivity index (χ0v) is 13.9. The fourth-order valence-electron chi connectivity index (χ4n) is 3.47. The molecule has 2 fully saturated rings. The van der Waals surface area contributed by atoms with Gasteiger partial charge < -0.3 is 21.1 Å². The number of nitrogens with two attached hydrogens (primary N) is 1.